The van der Waals surface area contributed by atoms with Crippen molar-refractivity contribution in [2.45, 2.75) is 41.5 Å². The van der Waals surface area contributed by atoms with Gasteiger partial charge >= 0.3 is 0 Å². The second kappa shape index (κ2) is 6.10. The SMILES string of the molecule is C.CCC.Cc1nc(C)n2ccnc(N)c12. The summed E-state index contributed by atoms with van der Waals surface area (Å²) in [7, 11) is 0. The number of nitrogens with zero attached hydrogens (tertiary/aromatic N) is 3. The summed E-state index contributed by atoms with van der Waals surface area (Å²) in [4.78, 5) is 8.29. The molecular weight excluding hydrogens is 200 g/mol. The summed E-state index contributed by atoms with van der Waals surface area (Å²) in [5.74, 6) is 1.48. The molecule has 2 N–H and O–H groups in total. The molecule has 2 rings (SSSR count). The summed E-state index contributed by atoms with van der Waals surface area (Å²) in [6.07, 6.45) is 4.79. The molecule has 0 saturated carbocycles. The molecule has 0 atom stereocenters. The van der Waals surface area contributed by atoms with Gasteiger partial charge in [0.1, 0.15) is 17.2 Å². The quantitative estimate of drug-likeness (QED) is 0.745. The number of imidazole rings is 1. The highest BCUT2D eigenvalue weighted by Gasteiger charge is 2.06. The van der Waals surface area contributed by atoms with E-state index in [0.29, 0.717) is 5.82 Å². The van der Waals surface area contributed by atoms with Gasteiger partial charge in [-0.05, 0) is 13.8 Å². The molecule has 2 aromatic heterocycles. The topological polar surface area (TPSA) is 56.2 Å². The molecule has 2 aromatic rings. The fourth-order valence-electron chi connectivity index (χ4n) is 1.42. The van der Waals surface area contributed by atoms with Crippen LogP contribution in [0.4, 0.5) is 5.82 Å². The van der Waals surface area contributed by atoms with E-state index in [1.54, 1.807) is 6.20 Å². The molecule has 0 amide bonds. The first-order chi connectivity index (χ1) is 7.11. The summed E-state index contributed by atoms with van der Waals surface area (Å²) < 4.78 is 1.94. The summed E-state index contributed by atoms with van der Waals surface area (Å²) in [5.41, 5.74) is 7.54. The lowest BCUT2D eigenvalue weighted by atomic mass is 10.4. The number of anilines is 1. The second-order valence-corrected chi connectivity index (χ2v) is 3.48. The van der Waals surface area contributed by atoms with E-state index in [2.05, 4.69) is 23.8 Å². The minimum Gasteiger partial charge on any atom is -0.382 e. The Morgan fingerprint density at radius 2 is 1.88 bits per heavy atom. The van der Waals surface area contributed by atoms with Crippen LogP contribution in [0.3, 0.4) is 0 Å². The van der Waals surface area contributed by atoms with Gasteiger partial charge in [0.05, 0.1) is 5.69 Å². The number of hydrogen-bond donors (Lipinski definition) is 1. The van der Waals surface area contributed by atoms with Gasteiger partial charge in [-0.2, -0.15) is 0 Å². The van der Waals surface area contributed by atoms with Crippen LogP contribution in [-0.4, -0.2) is 14.4 Å². The number of aryl methyl sites for hydroxylation is 2. The lowest BCUT2D eigenvalue weighted by Gasteiger charge is -1.97. The zero-order chi connectivity index (χ0) is 11.4. The van der Waals surface area contributed by atoms with Gasteiger partial charge in [-0.1, -0.05) is 27.7 Å². The van der Waals surface area contributed by atoms with Crippen molar-refractivity contribution in [2.24, 2.45) is 0 Å². The fraction of sp³-hybridized carbons (Fsp3) is 0.500. The lowest BCUT2D eigenvalue weighted by molar-refractivity contribution is 1.03. The Morgan fingerprint density at radius 3 is 2.38 bits per heavy atom. The largest absolute Gasteiger partial charge is 0.382 e. The van der Waals surface area contributed by atoms with E-state index in [1.165, 1.54) is 6.42 Å². The highest BCUT2D eigenvalue weighted by Crippen LogP contribution is 2.15. The number of fused-ring (bicyclic) bond motifs is 1. The van der Waals surface area contributed by atoms with E-state index in [1.807, 2.05) is 24.4 Å². The number of hydrogen-bond acceptors (Lipinski definition) is 3. The van der Waals surface area contributed by atoms with Gasteiger partial charge in [-0.3, -0.25) is 4.40 Å². The molecule has 0 aromatic carbocycles. The number of nitrogen functional groups attached to an aromatic ring is 1. The van der Waals surface area contributed by atoms with Gasteiger partial charge in [-0.25, -0.2) is 9.97 Å². The van der Waals surface area contributed by atoms with Crippen LogP contribution in [-0.2, 0) is 0 Å². The van der Waals surface area contributed by atoms with Crippen LogP contribution in [0.15, 0.2) is 12.4 Å². The van der Waals surface area contributed by atoms with E-state index < -0.39 is 0 Å². The van der Waals surface area contributed by atoms with Crippen LogP contribution in [0.5, 0.6) is 0 Å². The first kappa shape index (κ1) is 14.4. The molecular formula is C12H22N4. The maximum atomic E-state index is 5.70. The van der Waals surface area contributed by atoms with E-state index in [-0.39, 0.29) is 7.43 Å². The smallest absolute Gasteiger partial charge is 0.149 e. The minimum absolute atomic E-state index is 0. The Bertz CT molecular complexity index is 445. The maximum Gasteiger partial charge on any atom is 0.149 e. The molecule has 0 aliphatic heterocycles. The average molecular weight is 222 g/mol. The molecule has 90 valence electrons. The molecule has 0 radical (unpaired) electrons. The van der Waals surface area contributed by atoms with Crippen molar-refractivity contribution < 1.29 is 0 Å². The third-order valence-electron chi connectivity index (χ3n) is 1.93. The molecule has 16 heavy (non-hydrogen) atoms. The maximum absolute atomic E-state index is 5.70. The Labute approximate surface area is 97.5 Å². The number of nitrogens with two attached hydrogens (primary N) is 1. The van der Waals surface area contributed by atoms with Crippen LogP contribution in [0.25, 0.3) is 5.52 Å². The normalized spacial score (nSPS) is 9.25. The first-order valence-corrected chi connectivity index (χ1v) is 5.17. The number of aromatic nitrogens is 3. The fourth-order valence-corrected chi connectivity index (χ4v) is 1.42. The van der Waals surface area contributed by atoms with Gasteiger partial charge in [-0.15, -0.1) is 0 Å². The van der Waals surface area contributed by atoms with Crippen molar-refractivity contribution in [3.05, 3.63) is 23.9 Å². The third-order valence-corrected chi connectivity index (χ3v) is 1.93. The monoisotopic (exact) mass is 222 g/mol. The summed E-state index contributed by atoms with van der Waals surface area (Å²) in [5, 5.41) is 0. The summed E-state index contributed by atoms with van der Waals surface area (Å²) in [6.45, 7) is 8.12. The molecule has 0 fully saturated rings. The zero-order valence-corrected chi connectivity index (χ0v) is 9.78. The zero-order valence-electron chi connectivity index (χ0n) is 9.78. The lowest BCUT2D eigenvalue weighted by Crippen LogP contribution is -1.95. The molecule has 0 bridgehead atoms. The predicted molar refractivity (Wildman–Crippen MR) is 69.6 cm³/mol. The van der Waals surface area contributed by atoms with Gasteiger partial charge in [0, 0.05) is 12.4 Å². The average Bonchev–Trinajstić information content (AvgIpc) is 2.45. The third kappa shape index (κ3) is 2.72. The molecule has 2 heterocycles. The summed E-state index contributed by atoms with van der Waals surface area (Å²) in [6, 6.07) is 0. The molecule has 0 unspecified atom stereocenters. The van der Waals surface area contributed by atoms with Crippen molar-refractivity contribution in [3.8, 4) is 0 Å². The standard InChI is InChI=1S/C8H10N4.C3H8.CH4/c1-5-7-8(9)10-3-4-12(7)6(2)11-5;1-3-2;/h3-4H,1-2H3,(H2,9,10);3H2,1-2H3;1H4. The molecule has 0 aliphatic carbocycles. The van der Waals surface area contributed by atoms with Crippen LogP contribution >= 0.6 is 0 Å². The van der Waals surface area contributed by atoms with Gasteiger partial charge in [0.25, 0.3) is 0 Å². The molecule has 4 heteroatoms. The van der Waals surface area contributed by atoms with E-state index >= 15 is 0 Å². The van der Waals surface area contributed by atoms with Gasteiger partial charge in [0.2, 0.25) is 0 Å². The van der Waals surface area contributed by atoms with Crippen molar-refractivity contribution in [3.63, 3.8) is 0 Å². The van der Waals surface area contributed by atoms with Crippen LogP contribution in [0, 0.1) is 13.8 Å². The Kier molecular flexibility index (Phi) is 5.50. The molecule has 0 spiro atoms. The second-order valence-electron chi connectivity index (χ2n) is 3.48. The highest BCUT2D eigenvalue weighted by atomic mass is 15.1. The molecule has 4 nitrogen and oxygen atoms in total. The van der Waals surface area contributed by atoms with Gasteiger partial charge < -0.3 is 5.73 Å². The van der Waals surface area contributed by atoms with Crippen molar-refractivity contribution in [1.29, 1.82) is 0 Å². The van der Waals surface area contributed by atoms with Crippen molar-refractivity contribution in [2.75, 3.05) is 5.73 Å². The minimum atomic E-state index is 0. The van der Waals surface area contributed by atoms with Crippen molar-refractivity contribution in [1.82, 2.24) is 14.4 Å². The summed E-state index contributed by atoms with van der Waals surface area (Å²) >= 11 is 0. The predicted octanol–water partition coefficient (Wildman–Crippen LogP) is 2.98. The van der Waals surface area contributed by atoms with E-state index in [0.717, 1.165) is 17.0 Å². The first-order valence-electron chi connectivity index (χ1n) is 5.17. The van der Waals surface area contributed by atoms with Crippen LogP contribution < -0.4 is 5.73 Å². The van der Waals surface area contributed by atoms with Crippen LogP contribution in [0.1, 0.15) is 39.2 Å². The highest BCUT2D eigenvalue weighted by molar-refractivity contribution is 5.68. The van der Waals surface area contributed by atoms with Crippen LogP contribution in [0.2, 0.25) is 0 Å². The van der Waals surface area contributed by atoms with E-state index in [4.69, 9.17) is 5.73 Å². The Morgan fingerprint density at radius 1 is 1.31 bits per heavy atom. The molecule has 0 aliphatic rings. The molecule has 0 saturated heterocycles. The Balaban J connectivity index is 0.000000511. The van der Waals surface area contributed by atoms with Gasteiger partial charge in [0.15, 0.2) is 0 Å². The Hall–Kier alpha value is -1.58. The van der Waals surface area contributed by atoms with Crippen molar-refractivity contribution >= 4 is 11.3 Å². The van der Waals surface area contributed by atoms with E-state index in [9.17, 15) is 0 Å². The number of rotatable bonds is 0.